The number of nitrogens with zero attached hydrogens (tertiary/aromatic N) is 1. The van der Waals surface area contributed by atoms with Crippen molar-refractivity contribution in [2.45, 2.75) is 11.1 Å². The smallest absolute Gasteiger partial charge is 0.277 e. The molecule has 0 aliphatic rings. The Hall–Kier alpha value is -1.61. The highest BCUT2D eigenvalue weighted by Crippen LogP contribution is 2.30. The fourth-order valence-corrected chi connectivity index (χ4v) is 3.04. The van der Waals surface area contributed by atoms with Crippen molar-refractivity contribution >= 4 is 31.6 Å². The lowest BCUT2D eigenvalue weighted by molar-refractivity contribution is -0.137. The molecule has 1 aromatic carbocycles. The Kier molecular flexibility index (Phi) is 4.24. The van der Waals surface area contributed by atoms with Gasteiger partial charge in [0.2, 0.25) is 0 Å². The SMILES string of the molecule is O=S(=O)(Nc1cccnc1Br)c1ccc(C(F)(F)F)cc1. The molecule has 0 bridgehead atoms. The Morgan fingerprint density at radius 1 is 1.10 bits per heavy atom. The molecule has 0 fully saturated rings. The zero-order chi connectivity index (χ0) is 15.7. The monoisotopic (exact) mass is 380 g/mol. The van der Waals surface area contributed by atoms with Crippen LogP contribution < -0.4 is 4.72 Å². The fourth-order valence-electron chi connectivity index (χ4n) is 1.49. The summed E-state index contributed by atoms with van der Waals surface area (Å²) in [6.45, 7) is 0. The van der Waals surface area contributed by atoms with Crippen molar-refractivity contribution in [3.8, 4) is 0 Å². The molecule has 1 heterocycles. The Bertz CT molecular complexity index is 746. The third-order valence-corrected chi connectivity index (χ3v) is 4.51. The van der Waals surface area contributed by atoms with Gasteiger partial charge in [0, 0.05) is 6.20 Å². The maximum Gasteiger partial charge on any atom is 0.416 e. The highest BCUT2D eigenvalue weighted by atomic mass is 79.9. The summed E-state index contributed by atoms with van der Waals surface area (Å²) >= 11 is 3.07. The molecule has 0 saturated carbocycles. The predicted octanol–water partition coefficient (Wildman–Crippen LogP) is 3.66. The number of rotatable bonds is 3. The van der Waals surface area contributed by atoms with E-state index in [2.05, 4.69) is 25.6 Å². The third kappa shape index (κ3) is 3.73. The quantitative estimate of drug-likeness (QED) is 0.826. The van der Waals surface area contributed by atoms with Crippen molar-refractivity contribution in [1.82, 2.24) is 4.98 Å². The number of sulfonamides is 1. The zero-order valence-corrected chi connectivity index (χ0v) is 12.6. The van der Waals surface area contributed by atoms with Gasteiger partial charge in [-0.1, -0.05) is 0 Å². The van der Waals surface area contributed by atoms with Crippen molar-refractivity contribution in [1.29, 1.82) is 0 Å². The van der Waals surface area contributed by atoms with Crippen molar-refractivity contribution < 1.29 is 21.6 Å². The summed E-state index contributed by atoms with van der Waals surface area (Å²) in [6.07, 6.45) is -3.05. The van der Waals surface area contributed by atoms with E-state index in [9.17, 15) is 21.6 Å². The van der Waals surface area contributed by atoms with Gasteiger partial charge >= 0.3 is 6.18 Å². The number of alkyl halides is 3. The number of nitrogens with one attached hydrogen (secondary N) is 1. The predicted molar refractivity (Wildman–Crippen MR) is 74.2 cm³/mol. The summed E-state index contributed by atoms with van der Waals surface area (Å²) in [5.74, 6) is 0. The van der Waals surface area contributed by atoms with Gasteiger partial charge < -0.3 is 0 Å². The summed E-state index contributed by atoms with van der Waals surface area (Å²) in [6, 6.07) is 6.22. The first-order valence-corrected chi connectivity index (χ1v) is 7.78. The van der Waals surface area contributed by atoms with Crippen LogP contribution in [0.5, 0.6) is 0 Å². The maximum atomic E-state index is 12.4. The van der Waals surface area contributed by atoms with Gasteiger partial charge in [-0.05, 0) is 52.3 Å². The number of pyridine rings is 1. The fraction of sp³-hybridized carbons (Fsp3) is 0.0833. The van der Waals surface area contributed by atoms with Crippen LogP contribution >= 0.6 is 15.9 Å². The minimum absolute atomic E-state index is 0.192. The Labute approximate surface area is 127 Å². The first-order valence-electron chi connectivity index (χ1n) is 5.51. The van der Waals surface area contributed by atoms with E-state index < -0.39 is 21.8 Å². The normalized spacial score (nSPS) is 12.2. The molecule has 0 saturated heterocycles. The van der Waals surface area contributed by atoms with Crippen LogP contribution in [0, 0.1) is 0 Å². The number of benzene rings is 1. The molecule has 1 aromatic heterocycles. The lowest BCUT2D eigenvalue weighted by atomic mass is 10.2. The minimum Gasteiger partial charge on any atom is -0.277 e. The minimum atomic E-state index is -4.51. The van der Waals surface area contributed by atoms with Gasteiger partial charge in [-0.3, -0.25) is 4.72 Å². The summed E-state index contributed by atoms with van der Waals surface area (Å²) in [7, 11) is -3.99. The molecule has 0 spiro atoms. The van der Waals surface area contributed by atoms with Gasteiger partial charge in [-0.15, -0.1) is 0 Å². The molecule has 0 aliphatic heterocycles. The van der Waals surface area contributed by atoms with Crippen LogP contribution in [0.2, 0.25) is 0 Å². The number of hydrogen-bond donors (Lipinski definition) is 1. The lowest BCUT2D eigenvalue weighted by Gasteiger charge is -2.10. The van der Waals surface area contributed by atoms with Crippen LogP contribution in [0.3, 0.4) is 0 Å². The molecule has 0 atom stereocenters. The van der Waals surface area contributed by atoms with E-state index in [0.29, 0.717) is 12.1 Å². The van der Waals surface area contributed by atoms with Gasteiger partial charge in [-0.2, -0.15) is 13.2 Å². The Balaban J connectivity index is 2.30. The summed E-state index contributed by atoms with van der Waals surface area (Å²) < 4.78 is 64.0. The molecule has 2 rings (SSSR count). The molecular formula is C12H8BrF3N2O2S. The average molecular weight is 381 g/mol. The molecule has 2 aromatic rings. The second kappa shape index (κ2) is 5.64. The van der Waals surface area contributed by atoms with Crippen molar-refractivity contribution in [3.63, 3.8) is 0 Å². The molecule has 4 nitrogen and oxygen atoms in total. The second-order valence-corrected chi connectivity index (χ2v) is 6.40. The first-order chi connectivity index (χ1) is 9.70. The highest BCUT2D eigenvalue weighted by molar-refractivity contribution is 9.10. The van der Waals surface area contributed by atoms with E-state index in [-0.39, 0.29) is 15.2 Å². The molecule has 0 aliphatic carbocycles. The van der Waals surface area contributed by atoms with E-state index in [4.69, 9.17) is 0 Å². The standard InChI is InChI=1S/C12H8BrF3N2O2S/c13-11-10(2-1-7-17-11)18-21(19,20)9-5-3-8(4-6-9)12(14,15)16/h1-7,18H. The molecule has 9 heteroatoms. The van der Waals surface area contributed by atoms with Crippen molar-refractivity contribution in [2.24, 2.45) is 0 Å². The number of hydrogen-bond acceptors (Lipinski definition) is 3. The summed E-state index contributed by atoms with van der Waals surface area (Å²) in [5, 5.41) is 0. The highest BCUT2D eigenvalue weighted by Gasteiger charge is 2.30. The van der Waals surface area contributed by atoms with Gasteiger partial charge in [0.1, 0.15) is 4.60 Å². The van der Waals surface area contributed by atoms with Crippen LogP contribution in [0.15, 0.2) is 52.1 Å². The molecule has 21 heavy (non-hydrogen) atoms. The molecule has 0 amide bonds. The summed E-state index contributed by atoms with van der Waals surface area (Å²) in [5.41, 5.74) is -0.721. The van der Waals surface area contributed by atoms with Crippen LogP contribution in [0.4, 0.5) is 18.9 Å². The van der Waals surface area contributed by atoms with Crippen LogP contribution in [-0.4, -0.2) is 13.4 Å². The van der Waals surface area contributed by atoms with Crippen LogP contribution in [-0.2, 0) is 16.2 Å². The lowest BCUT2D eigenvalue weighted by Crippen LogP contribution is -2.14. The molecule has 112 valence electrons. The number of halogens is 4. The topological polar surface area (TPSA) is 59.1 Å². The number of anilines is 1. The first kappa shape index (κ1) is 15.8. The van der Waals surface area contributed by atoms with Crippen molar-refractivity contribution in [3.05, 3.63) is 52.8 Å². The van der Waals surface area contributed by atoms with Crippen molar-refractivity contribution in [2.75, 3.05) is 4.72 Å². The van der Waals surface area contributed by atoms with Crippen LogP contribution in [0.1, 0.15) is 5.56 Å². The third-order valence-electron chi connectivity index (χ3n) is 2.50. The van der Waals surface area contributed by atoms with Gasteiger partial charge in [0.25, 0.3) is 10.0 Å². The van der Waals surface area contributed by atoms with E-state index >= 15 is 0 Å². The van der Waals surface area contributed by atoms with Gasteiger partial charge in [-0.25, -0.2) is 13.4 Å². The zero-order valence-electron chi connectivity index (χ0n) is 10.2. The largest absolute Gasteiger partial charge is 0.416 e. The second-order valence-electron chi connectivity index (χ2n) is 3.97. The Morgan fingerprint density at radius 2 is 1.71 bits per heavy atom. The maximum absolute atomic E-state index is 12.4. The van der Waals surface area contributed by atoms with E-state index in [1.165, 1.54) is 18.3 Å². The van der Waals surface area contributed by atoms with E-state index in [1.807, 2.05) is 0 Å². The molecule has 0 unspecified atom stereocenters. The van der Waals surface area contributed by atoms with E-state index in [0.717, 1.165) is 12.1 Å². The summed E-state index contributed by atoms with van der Waals surface area (Å²) in [4.78, 5) is 3.57. The molecular weight excluding hydrogens is 373 g/mol. The van der Waals surface area contributed by atoms with Crippen LogP contribution in [0.25, 0.3) is 0 Å². The van der Waals surface area contributed by atoms with Gasteiger partial charge in [0.05, 0.1) is 16.1 Å². The Morgan fingerprint density at radius 3 is 2.24 bits per heavy atom. The average Bonchev–Trinajstić information content (AvgIpc) is 2.40. The van der Waals surface area contributed by atoms with Gasteiger partial charge in [0.15, 0.2) is 0 Å². The molecule has 0 radical (unpaired) electrons. The molecule has 1 N–H and O–H groups in total. The van der Waals surface area contributed by atoms with E-state index in [1.54, 1.807) is 0 Å². The number of aromatic nitrogens is 1.